The van der Waals surface area contributed by atoms with Crippen molar-refractivity contribution in [1.82, 2.24) is 5.32 Å². The topological polar surface area (TPSA) is 66.5 Å². The molecule has 1 aliphatic heterocycles. The first-order valence-corrected chi connectivity index (χ1v) is 13.6. The summed E-state index contributed by atoms with van der Waals surface area (Å²) in [5.74, 6) is -1.13. The molecule has 7 heteroatoms. The highest BCUT2D eigenvalue weighted by Crippen LogP contribution is 2.36. The van der Waals surface area contributed by atoms with Crippen molar-refractivity contribution in [3.8, 4) is 0 Å². The maximum Gasteiger partial charge on any atom is 0.259 e. The Morgan fingerprint density at radius 3 is 2.42 bits per heavy atom. The molecule has 0 saturated heterocycles. The van der Waals surface area contributed by atoms with Gasteiger partial charge in [0.05, 0.1) is 38.4 Å². The highest BCUT2D eigenvalue weighted by molar-refractivity contribution is 7.85. The third kappa shape index (κ3) is 5.29. The lowest BCUT2D eigenvalue weighted by atomic mass is 10.1. The molecule has 5 rings (SSSR count). The van der Waals surface area contributed by atoms with Gasteiger partial charge < -0.3 is 10.2 Å². The third-order valence-electron chi connectivity index (χ3n) is 6.65. The van der Waals surface area contributed by atoms with Crippen molar-refractivity contribution in [3.63, 3.8) is 0 Å². The highest BCUT2D eigenvalue weighted by Gasteiger charge is 2.32. The number of nitrogens with zero attached hydrogens (tertiary/aromatic N) is 1. The number of carbonyl (C=O) groups is 2. The standard InChI is InChI=1S/C31H27FN2O3S/c1-21(15-16-22-9-3-2-4-10-22)33-30(35)23-17-18-29-27(19-23)34(20-24-11-5-7-13-26(24)32)31(36)25-12-6-8-14-28(25)38(29)37/h2-14,17-19,21H,15-16,20H2,1H3,(H,33,35). The fourth-order valence-corrected chi connectivity index (χ4v) is 5.91. The summed E-state index contributed by atoms with van der Waals surface area (Å²) < 4.78 is 28.2. The van der Waals surface area contributed by atoms with E-state index >= 15 is 0 Å². The minimum atomic E-state index is -1.66. The largest absolute Gasteiger partial charge is 0.350 e. The van der Waals surface area contributed by atoms with Crippen molar-refractivity contribution in [2.45, 2.75) is 42.1 Å². The third-order valence-corrected chi connectivity index (χ3v) is 8.15. The molecule has 1 N–H and O–H groups in total. The van der Waals surface area contributed by atoms with E-state index in [2.05, 4.69) is 17.4 Å². The van der Waals surface area contributed by atoms with Gasteiger partial charge in [-0.1, -0.05) is 60.7 Å². The fraction of sp³-hybridized carbons (Fsp3) is 0.161. The number of hydrogen-bond acceptors (Lipinski definition) is 3. The highest BCUT2D eigenvalue weighted by atomic mass is 32.2. The lowest BCUT2D eigenvalue weighted by Crippen LogP contribution is -2.34. The second-order valence-corrected chi connectivity index (χ2v) is 10.7. The SMILES string of the molecule is CC(CCc1ccccc1)NC(=O)c1ccc2c(c1)N(Cc1ccccc1F)C(=O)c1ccccc1S2=O. The average molecular weight is 527 g/mol. The van der Waals surface area contributed by atoms with Gasteiger partial charge in [-0.3, -0.25) is 9.59 Å². The number of amides is 2. The molecule has 0 bridgehead atoms. The van der Waals surface area contributed by atoms with E-state index in [-0.39, 0.29) is 18.5 Å². The molecule has 0 spiro atoms. The second kappa shape index (κ2) is 11.1. The molecule has 2 atom stereocenters. The molecule has 0 radical (unpaired) electrons. The van der Waals surface area contributed by atoms with Crippen molar-refractivity contribution in [2.75, 3.05) is 4.90 Å². The summed E-state index contributed by atoms with van der Waals surface area (Å²) in [5.41, 5.74) is 2.48. The molecule has 1 heterocycles. The number of hydrogen-bond donors (Lipinski definition) is 1. The molecule has 192 valence electrons. The van der Waals surface area contributed by atoms with Crippen LogP contribution < -0.4 is 10.2 Å². The zero-order valence-corrected chi connectivity index (χ0v) is 21.7. The van der Waals surface area contributed by atoms with Crippen molar-refractivity contribution in [2.24, 2.45) is 0 Å². The van der Waals surface area contributed by atoms with Crippen LogP contribution in [0.3, 0.4) is 0 Å². The molecule has 1 aliphatic rings. The Hall–Kier alpha value is -4.10. The van der Waals surface area contributed by atoms with Crippen molar-refractivity contribution >= 4 is 28.3 Å². The molecule has 0 aliphatic carbocycles. The van der Waals surface area contributed by atoms with Gasteiger partial charge in [-0.2, -0.15) is 0 Å². The summed E-state index contributed by atoms with van der Waals surface area (Å²) in [6.45, 7) is 1.88. The maximum absolute atomic E-state index is 14.6. The van der Waals surface area contributed by atoms with Gasteiger partial charge in [0.25, 0.3) is 11.8 Å². The predicted molar refractivity (Wildman–Crippen MR) is 146 cm³/mol. The average Bonchev–Trinajstić information content (AvgIpc) is 3.03. The number of benzene rings is 4. The van der Waals surface area contributed by atoms with Crippen LogP contribution in [-0.4, -0.2) is 22.1 Å². The summed E-state index contributed by atoms with van der Waals surface area (Å²) in [7, 11) is -1.66. The molecule has 0 fully saturated rings. The van der Waals surface area contributed by atoms with Gasteiger partial charge in [-0.25, -0.2) is 8.60 Å². The summed E-state index contributed by atoms with van der Waals surface area (Å²) >= 11 is 0. The molecular formula is C31H27FN2O3S. The first-order chi connectivity index (χ1) is 18.4. The van der Waals surface area contributed by atoms with E-state index in [4.69, 9.17) is 0 Å². The van der Waals surface area contributed by atoms with Crippen LogP contribution >= 0.6 is 0 Å². The molecule has 4 aromatic rings. The number of carbonyl (C=O) groups excluding carboxylic acids is 2. The van der Waals surface area contributed by atoms with Gasteiger partial charge >= 0.3 is 0 Å². The Balaban J connectivity index is 1.46. The number of anilines is 1. The van der Waals surface area contributed by atoms with Crippen LogP contribution in [0.1, 0.15) is 45.2 Å². The van der Waals surface area contributed by atoms with Gasteiger partial charge in [0.1, 0.15) is 5.82 Å². The first kappa shape index (κ1) is 25.5. The zero-order valence-electron chi connectivity index (χ0n) is 20.9. The molecule has 2 unspecified atom stereocenters. The lowest BCUT2D eigenvalue weighted by molar-refractivity contribution is 0.0935. The quantitative estimate of drug-likeness (QED) is 0.326. The van der Waals surface area contributed by atoms with Gasteiger partial charge in [0.15, 0.2) is 0 Å². The molecule has 5 nitrogen and oxygen atoms in total. The van der Waals surface area contributed by atoms with Crippen molar-refractivity contribution < 1.29 is 18.2 Å². The Bertz CT molecular complexity index is 1520. The molecule has 0 saturated carbocycles. The number of rotatable bonds is 7. The van der Waals surface area contributed by atoms with Crippen LogP contribution in [0.5, 0.6) is 0 Å². The maximum atomic E-state index is 14.6. The summed E-state index contributed by atoms with van der Waals surface area (Å²) in [6.07, 6.45) is 1.59. The fourth-order valence-electron chi connectivity index (χ4n) is 4.57. The van der Waals surface area contributed by atoms with Gasteiger partial charge in [-0.15, -0.1) is 0 Å². The second-order valence-electron chi connectivity index (χ2n) is 9.33. The van der Waals surface area contributed by atoms with Crippen LogP contribution in [-0.2, 0) is 23.8 Å². The Morgan fingerprint density at radius 2 is 1.63 bits per heavy atom. The van der Waals surface area contributed by atoms with Crippen molar-refractivity contribution in [3.05, 3.63) is 125 Å². The van der Waals surface area contributed by atoms with Gasteiger partial charge in [-0.05, 0) is 61.7 Å². The molecule has 38 heavy (non-hydrogen) atoms. The molecular weight excluding hydrogens is 499 g/mol. The van der Waals surface area contributed by atoms with E-state index in [9.17, 15) is 18.2 Å². The summed E-state index contributed by atoms with van der Waals surface area (Å²) in [5, 5.41) is 3.02. The van der Waals surface area contributed by atoms with E-state index in [0.717, 1.165) is 12.8 Å². The first-order valence-electron chi connectivity index (χ1n) is 12.5. The molecule has 2 amide bonds. The molecule has 0 aromatic heterocycles. The Labute approximate surface area is 223 Å². The molecule has 4 aromatic carbocycles. The van der Waals surface area contributed by atoms with Crippen LogP contribution in [0, 0.1) is 5.82 Å². The van der Waals surface area contributed by atoms with Crippen LogP contribution in [0.25, 0.3) is 0 Å². The Kier molecular flexibility index (Phi) is 7.47. The predicted octanol–water partition coefficient (Wildman–Crippen LogP) is 5.90. The summed E-state index contributed by atoms with van der Waals surface area (Å²) in [4.78, 5) is 29.1. The lowest BCUT2D eigenvalue weighted by Gasteiger charge is -2.24. The van der Waals surface area contributed by atoms with E-state index < -0.39 is 22.5 Å². The van der Waals surface area contributed by atoms with E-state index in [1.807, 2.05) is 25.1 Å². The van der Waals surface area contributed by atoms with Crippen LogP contribution in [0.15, 0.2) is 107 Å². The van der Waals surface area contributed by atoms with Gasteiger partial charge in [0, 0.05) is 17.2 Å². The number of aryl methyl sites for hydroxylation is 1. The zero-order chi connectivity index (χ0) is 26.6. The minimum absolute atomic E-state index is 0.0669. The summed E-state index contributed by atoms with van der Waals surface area (Å²) in [6, 6.07) is 27.8. The normalized spacial score (nSPS) is 15.3. The smallest absolute Gasteiger partial charge is 0.259 e. The number of halogens is 1. The van der Waals surface area contributed by atoms with E-state index in [0.29, 0.717) is 32.2 Å². The Morgan fingerprint density at radius 1 is 0.921 bits per heavy atom. The minimum Gasteiger partial charge on any atom is -0.350 e. The van der Waals surface area contributed by atoms with E-state index in [1.165, 1.54) is 16.5 Å². The van der Waals surface area contributed by atoms with Crippen LogP contribution in [0.2, 0.25) is 0 Å². The van der Waals surface area contributed by atoms with Gasteiger partial charge in [0.2, 0.25) is 0 Å². The monoisotopic (exact) mass is 526 g/mol. The number of nitrogens with one attached hydrogen (secondary N) is 1. The van der Waals surface area contributed by atoms with Crippen molar-refractivity contribution in [1.29, 1.82) is 0 Å². The van der Waals surface area contributed by atoms with E-state index in [1.54, 1.807) is 60.7 Å². The number of fused-ring (bicyclic) bond motifs is 2. The van der Waals surface area contributed by atoms with Crippen LogP contribution in [0.4, 0.5) is 10.1 Å².